The molecule has 18 heavy (non-hydrogen) atoms. The van der Waals surface area contributed by atoms with Crippen molar-refractivity contribution in [1.29, 1.82) is 0 Å². The van der Waals surface area contributed by atoms with E-state index in [1.165, 1.54) is 0 Å². The zero-order valence-electron chi connectivity index (χ0n) is 11.1. The van der Waals surface area contributed by atoms with Crippen LogP contribution >= 0.6 is 0 Å². The molecule has 1 amide bonds. The monoisotopic (exact) mass is 248 g/mol. The summed E-state index contributed by atoms with van der Waals surface area (Å²) in [5.74, 6) is 0.143. The Morgan fingerprint density at radius 3 is 2.89 bits per heavy atom. The number of nitrogens with zero attached hydrogens (tertiary/aromatic N) is 1. The predicted molar refractivity (Wildman–Crippen MR) is 68.7 cm³/mol. The summed E-state index contributed by atoms with van der Waals surface area (Å²) in [5.41, 5.74) is 3.09. The second-order valence-electron chi connectivity index (χ2n) is 5.79. The summed E-state index contributed by atoms with van der Waals surface area (Å²) in [5, 5.41) is 0. The number of H-pyrrole nitrogens is 1. The predicted octanol–water partition coefficient (Wildman–Crippen LogP) is 1.88. The number of carbonyl (C=O) groups excluding carboxylic acids is 1. The van der Waals surface area contributed by atoms with Crippen LogP contribution in [0.4, 0.5) is 0 Å². The Balaban J connectivity index is 1.76. The lowest BCUT2D eigenvalue weighted by atomic mass is 9.87. The van der Waals surface area contributed by atoms with E-state index in [0.29, 0.717) is 0 Å². The van der Waals surface area contributed by atoms with Crippen LogP contribution in [0.2, 0.25) is 0 Å². The van der Waals surface area contributed by atoms with Crippen LogP contribution in [0.1, 0.15) is 34.6 Å². The summed E-state index contributed by atoms with van der Waals surface area (Å²) in [6, 6.07) is 2.03. The molecule has 2 fully saturated rings. The number of rotatable bonds is 1. The molecule has 1 spiro atoms. The molecule has 1 aromatic heterocycles. The fourth-order valence-electron chi connectivity index (χ4n) is 3.19. The van der Waals surface area contributed by atoms with E-state index in [-0.39, 0.29) is 11.3 Å². The van der Waals surface area contributed by atoms with Crippen LogP contribution in [0, 0.1) is 19.3 Å². The van der Waals surface area contributed by atoms with Gasteiger partial charge in [0.25, 0.3) is 5.91 Å². The minimum absolute atomic E-state index is 0.143. The number of hydrogen-bond donors (Lipinski definition) is 1. The zero-order valence-corrected chi connectivity index (χ0v) is 11.1. The first kappa shape index (κ1) is 11.8. The number of likely N-dealkylation sites (tertiary alicyclic amines) is 1. The molecule has 3 rings (SSSR count). The Morgan fingerprint density at radius 1 is 1.44 bits per heavy atom. The van der Waals surface area contributed by atoms with E-state index in [0.717, 1.165) is 56.1 Å². The number of aromatic nitrogens is 1. The Morgan fingerprint density at radius 2 is 2.28 bits per heavy atom. The summed E-state index contributed by atoms with van der Waals surface area (Å²) in [7, 11) is 0. The van der Waals surface area contributed by atoms with E-state index in [4.69, 9.17) is 4.74 Å². The van der Waals surface area contributed by atoms with Crippen molar-refractivity contribution < 1.29 is 9.53 Å². The highest BCUT2D eigenvalue weighted by molar-refractivity contribution is 5.94. The van der Waals surface area contributed by atoms with Crippen molar-refractivity contribution in [3.8, 4) is 0 Å². The van der Waals surface area contributed by atoms with Crippen molar-refractivity contribution in [2.24, 2.45) is 5.41 Å². The molecule has 1 unspecified atom stereocenters. The van der Waals surface area contributed by atoms with Crippen molar-refractivity contribution in [1.82, 2.24) is 9.88 Å². The Kier molecular flexibility index (Phi) is 2.70. The van der Waals surface area contributed by atoms with Gasteiger partial charge in [-0.15, -0.1) is 0 Å². The quantitative estimate of drug-likeness (QED) is 0.825. The molecule has 2 aliphatic rings. The number of amides is 1. The molecule has 1 atom stereocenters. The molecule has 1 aromatic rings. The summed E-state index contributed by atoms with van der Waals surface area (Å²) in [4.78, 5) is 17.6. The van der Waals surface area contributed by atoms with Crippen LogP contribution in [0.15, 0.2) is 6.07 Å². The van der Waals surface area contributed by atoms with E-state index < -0.39 is 0 Å². The van der Waals surface area contributed by atoms with Gasteiger partial charge >= 0.3 is 0 Å². The van der Waals surface area contributed by atoms with Gasteiger partial charge in [0.2, 0.25) is 0 Å². The fourth-order valence-corrected chi connectivity index (χ4v) is 3.19. The Labute approximate surface area is 107 Å². The smallest absolute Gasteiger partial charge is 0.270 e. The maximum absolute atomic E-state index is 12.5. The van der Waals surface area contributed by atoms with Crippen molar-refractivity contribution >= 4 is 5.91 Å². The van der Waals surface area contributed by atoms with Gasteiger partial charge in [-0.1, -0.05) is 0 Å². The Hall–Kier alpha value is -1.29. The third-order valence-corrected chi connectivity index (χ3v) is 4.27. The van der Waals surface area contributed by atoms with E-state index in [1.54, 1.807) is 0 Å². The van der Waals surface area contributed by atoms with Gasteiger partial charge in [0.05, 0.1) is 6.61 Å². The maximum atomic E-state index is 12.5. The molecule has 2 saturated heterocycles. The minimum atomic E-state index is 0.143. The molecule has 0 bridgehead atoms. The molecule has 1 N–H and O–H groups in total. The molecule has 98 valence electrons. The molecule has 0 aromatic carbocycles. The normalized spacial score (nSPS) is 27.3. The molecular formula is C14H20N2O2. The first-order valence-corrected chi connectivity index (χ1v) is 6.63. The minimum Gasteiger partial charge on any atom is -0.381 e. The second-order valence-corrected chi connectivity index (χ2v) is 5.79. The number of aromatic amines is 1. The number of nitrogens with one attached hydrogen (secondary N) is 1. The first-order valence-electron chi connectivity index (χ1n) is 6.63. The standard InChI is InChI=1S/C14H20N2O2/c1-10-7-11(2)15-12(10)13(17)16-5-3-14(8-16)4-6-18-9-14/h7,15H,3-6,8-9H2,1-2H3. The van der Waals surface area contributed by atoms with Crippen LogP contribution in [-0.4, -0.2) is 42.1 Å². The molecule has 0 saturated carbocycles. The summed E-state index contributed by atoms with van der Waals surface area (Å²) < 4.78 is 5.50. The molecule has 0 aliphatic carbocycles. The third kappa shape index (κ3) is 1.85. The molecular weight excluding hydrogens is 228 g/mol. The first-order chi connectivity index (χ1) is 8.60. The molecule has 0 radical (unpaired) electrons. The van der Waals surface area contributed by atoms with Gasteiger partial charge in [0.1, 0.15) is 5.69 Å². The van der Waals surface area contributed by atoms with Gasteiger partial charge in [-0.05, 0) is 38.3 Å². The van der Waals surface area contributed by atoms with Crippen molar-refractivity contribution in [2.45, 2.75) is 26.7 Å². The van der Waals surface area contributed by atoms with Crippen LogP contribution in [-0.2, 0) is 4.74 Å². The van der Waals surface area contributed by atoms with E-state index in [1.807, 2.05) is 24.8 Å². The van der Waals surface area contributed by atoms with Gasteiger partial charge in [-0.3, -0.25) is 4.79 Å². The number of carbonyl (C=O) groups is 1. The molecule has 3 heterocycles. The van der Waals surface area contributed by atoms with Crippen LogP contribution in [0.25, 0.3) is 0 Å². The van der Waals surface area contributed by atoms with E-state index in [2.05, 4.69) is 4.98 Å². The van der Waals surface area contributed by atoms with Gasteiger partial charge in [0.15, 0.2) is 0 Å². The number of hydrogen-bond acceptors (Lipinski definition) is 2. The van der Waals surface area contributed by atoms with E-state index in [9.17, 15) is 4.79 Å². The third-order valence-electron chi connectivity index (χ3n) is 4.27. The lowest BCUT2D eigenvalue weighted by Gasteiger charge is -2.21. The summed E-state index contributed by atoms with van der Waals surface area (Å²) in [6.07, 6.45) is 2.18. The topological polar surface area (TPSA) is 45.3 Å². The lowest BCUT2D eigenvalue weighted by Crippen LogP contribution is -2.33. The van der Waals surface area contributed by atoms with Gasteiger partial charge in [0, 0.05) is 30.8 Å². The maximum Gasteiger partial charge on any atom is 0.270 e. The van der Waals surface area contributed by atoms with Crippen LogP contribution < -0.4 is 0 Å². The van der Waals surface area contributed by atoms with Crippen molar-refractivity contribution in [2.75, 3.05) is 26.3 Å². The summed E-state index contributed by atoms with van der Waals surface area (Å²) in [6.45, 7) is 7.35. The highest BCUT2D eigenvalue weighted by Crippen LogP contribution is 2.38. The van der Waals surface area contributed by atoms with Gasteiger partial charge < -0.3 is 14.6 Å². The van der Waals surface area contributed by atoms with E-state index >= 15 is 0 Å². The lowest BCUT2D eigenvalue weighted by molar-refractivity contribution is 0.0760. The van der Waals surface area contributed by atoms with Crippen molar-refractivity contribution in [3.63, 3.8) is 0 Å². The summed E-state index contributed by atoms with van der Waals surface area (Å²) >= 11 is 0. The van der Waals surface area contributed by atoms with Crippen LogP contribution in [0.3, 0.4) is 0 Å². The highest BCUT2D eigenvalue weighted by Gasteiger charge is 2.43. The largest absolute Gasteiger partial charge is 0.381 e. The molecule has 4 nitrogen and oxygen atoms in total. The fraction of sp³-hybridized carbons (Fsp3) is 0.643. The van der Waals surface area contributed by atoms with Gasteiger partial charge in [-0.25, -0.2) is 0 Å². The van der Waals surface area contributed by atoms with Crippen LogP contribution in [0.5, 0.6) is 0 Å². The second kappa shape index (κ2) is 4.12. The average molecular weight is 248 g/mol. The molecule has 2 aliphatic heterocycles. The number of ether oxygens (including phenoxy) is 1. The zero-order chi connectivity index (χ0) is 12.8. The highest BCUT2D eigenvalue weighted by atomic mass is 16.5. The van der Waals surface area contributed by atoms with Crippen molar-refractivity contribution in [3.05, 3.63) is 23.0 Å². The number of aryl methyl sites for hydroxylation is 2. The average Bonchev–Trinajstić information content (AvgIpc) is 3.02. The molecule has 4 heteroatoms. The SMILES string of the molecule is Cc1cc(C)c(C(=O)N2CCC3(CCOC3)C2)[nH]1. The van der Waals surface area contributed by atoms with Gasteiger partial charge in [-0.2, -0.15) is 0 Å². The Bertz CT molecular complexity index is 472.